The predicted molar refractivity (Wildman–Crippen MR) is 100 cm³/mol. The highest BCUT2D eigenvalue weighted by Crippen LogP contribution is 2.32. The van der Waals surface area contributed by atoms with Gasteiger partial charge in [0.15, 0.2) is 0 Å². The van der Waals surface area contributed by atoms with Crippen molar-refractivity contribution in [1.82, 2.24) is 14.5 Å². The summed E-state index contributed by atoms with van der Waals surface area (Å²) < 4.78 is 12.7. The van der Waals surface area contributed by atoms with Gasteiger partial charge in [-0.1, -0.05) is 12.1 Å². The van der Waals surface area contributed by atoms with Crippen LogP contribution in [0.4, 0.5) is 0 Å². The van der Waals surface area contributed by atoms with Crippen molar-refractivity contribution in [3.63, 3.8) is 0 Å². The van der Waals surface area contributed by atoms with E-state index in [1.165, 1.54) is 12.7 Å². The molecular formula is C21H21N3O3. The number of carbonyl (C=O) groups excluding carboxylic acids is 1. The van der Waals surface area contributed by atoms with Gasteiger partial charge in [0.05, 0.1) is 31.9 Å². The van der Waals surface area contributed by atoms with Crippen molar-refractivity contribution in [2.45, 2.75) is 12.5 Å². The van der Waals surface area contributed by atoms with Crippen LogP contribution in [0.5, 0.6) is 0 Å². The zero-order valence-corrected chi connectivity index (χ0v) is 15.1. The van der Waals surface area contributed by atoms with Crippen molar-refractivity contribution in [3.8, 4) is 11.4 Å². The number of nitrogens with zero attached hydrogens (tertiary/aromatic N) is 3. The van der Waals surface area contributed by atoms with Crippen LogP contribution < -0.4 is 0 Å². The van der Waals surface area contributed by atoms with Gasteiger partial charge in [-0.3, -0.25) is 4.98 Å². The van der Waals surface area contributed by atoms with Crippen LogP contribution in [0, 0.1) is 5.92 Å². The van der Waals surface area contributed by atoms with Crippen LogP contribution in [0.2, 0.25) is 0 Å². The van der Waals surface area contributed by atoms with Crippen LogP contribution in [0.15, 0.2) is 61.2 Å². The summed E-state index contributed by atoms with van der Waals surface area (Å²) in [5.74, 6) is 0.905. The summed E-state index contributed by atoms with van der Waals surface area (Å²) in [7, 11) is 1.38. The van der Waals surface area contributed by atoms with Crippen LogP contribution in [0.3, 0.4) is 0 Å². The smallest absolute Gasteiger partial charge is 0.337 e. The Morgan fingerprint density at radius 2 is 1.93 bits per heavy atom. The lowest BCUT2D eigenvalue weighted by atomic mass is 9.95. The van der Waals surface area contributed by atoms with E-state index in [1.54, 1.807) is 12.1 Å². The number of hydrogen-bond donors (Lipinski definition) is 0. The Morgan fingerprint density at radius 1 is 1.15 bits per heavy atom. The molecule has 1 aliphatic heterocycles. The molecule has 1 saturated heterocycles. The van der Waals surface area contributed by atoms with Gasteiger partial charge in [-0.25, -0.2) is 9.78 Å². The molecule has 1 aromatic carbocycles. The second-order valence-corrected chi connectivity index (χ2v) is 6.65. The van der Waals surface area contributed by atoms with Crippen LogP contribution in [-0.2, 0) is 15.9 Å². The molecule has 0 radical (unpaired) electrons. The first-order valence-corrected chi connectivity index (χ1v) is 8.94. The topological polar surface area (TPSA) is 66.2 Å². The lowest BCUT2D eigenvalue weighted by molar-refractivity contribution is 0.0601. The molecule has 1 aliphatic rings. The standard InChI is InChI=1S/C21H21N3O3/c1-26-21(25)17-4-2-16(3-5-17)20-23-10-11-24(20)19-14-27-13-18(19)12-15-6-8-22-9-7-15/h2-11,18-19H,12-14H2,1H3/t18-,19-/m1/s1. The summed E-state index contributed by atoms with van der Waals surface area (Å²) in [6, 6.07) is 11.7. The maximum atomic E-state index is 11.6. The van der Waals surface area contributed by atoms with Gasteiger partial charge in [0, 0.05) is 36.3 Å². The number of carbonyl (C=O) groups is 1. The summed E-state index contributed by atoms with van der Waals surface area (Å²) in [5, 5.41) is 0. The minimum atomic E-state index is -0.341. The lowest BCUT2D eigenvalue weighted by Crippen LogP contribution is -2.20. The van der Waals surface area contributed by atoms with Crippen molar-refractivity contribution in [1.29, 1.82) is 0 Å². The number of pyridine rings is 1. The van der Waals surface area contributed by atoms with Gasteiger partial charge >= 0.3 is 5.97 Å². The minimum absolute atomic E-state index is 0.218. The van der Waals surface area contributed by atoms with Crippen molar-refractivity contribution in [2.24, 2.45) is 5.92 Å². The van der Waals surface area contributed by atoms with E-state index in [-0.39, 0.29) is 12.0 Å². The Kier molecular flexibility index (Phi) is 4.98. The number of imidazole rings is 1. The molecule has 0 amide bonds. The molecule has 6 heteroatoms. The first-order chi connectivity index (χ1) is 13.3. The fourth-order valence-electron chi connectivity index (χ4n) is 3.59. The predicted octanol–water partition coefficient (Wildman–Crippen LogP) is 3.16. The Balaban J connectivity index is 1.58. The van der Waals surface area contributed by atoms with Crippen LogP contribution >= 0.6 is 0 Å². The van der Waals surface area contributed by atoms with Gasteiger partial charge < -0.3 is 14.0 Å². The third-order valence-corrected chi connectivity index (χ3v) is 5.00. The molecule has 0 N–H and O–H groups in total. The average molecular weight is 363 g/mol. The van der Waals surface area contributed by atoms with Crippen LogP contribution in [0.25, 0.3) is 11.4 Å². The fourth-order valence-corrected chi connectivity index (χ4v) is 3.59. The molecule has 138 valence electrons. The second-order valence-electron chi connectivity index (χ2n) is 6.65. The van der Waals surface area contributed by atoms with Crippen molar-refractivity contribution >= 4 is 5.97 Å². The van der Waals surface area contributed by atoms with Gasteiger partial charge in [-0.15, -0.1) is 0 Å². The van der Waals surface area contributed by atoms with E-state index in [0.29, 0.717) is 18.1 Å². The summed E-state index contributed by atoms with van der Waals surface area (Å²) in [4.78, 5) is 20.3. The van der Waals surface area contributed by atoms with Crippen molar-refractivity contribution < 1.29 is 14.3 Å². The summed E-state index contributed by atoms with van der Waals surface area (Å²) in [6.07, 6.45) is 8.40. The molecule has 0 spiro atoms. The molecule has 3 heterocycles. The number of rotatable bonds is 5. The molecule has 27 heavy (non-hydrogen) atoms. The number of hydrogen-bond acceptors (Lipinski definition) is 5. The normalized spacial score (nSPS) is 19.1. The maximum absolute atomic E-state index is 11.6. The molecule has 0 unspecified atom stereocenters. The number of aromatic nitrogens is 3. The SMILES string of the molecule is COC(=O)c1ccc(-c2nccn2[C@@H]2COC[C@H]2Cc2ccncc2)cc1. The molecule has 2 aromatic heterocycles. The van der Waals surface area contributed by atoms with E-state index in [4.69, 9.17) is 9.47 Å². The molecule has 0 bridgehead atoms. The highest BCUT2D eigenvalue weighted by atomic mass is 16.5. The average Bonchev–Trinajstić information content (AvgIpc) is 3.37. The highest BCUT2D eigenvalue weighted by Gasteiger charge is 2.31. The monoisotopic (exact) mass is 363 g/mol. The first kappa shape index (κ1) is 17.4. The summed E-state index contributed by atoms with van der Waals surface area (Å²) in [6.45, 7) is 1.39. The quantitative estimate of drug-likeness (QED) is 0.652. The molecule has 3 aromatic rings. The first-order valence-electron chi connectivity index (χ1n) is 8.94. The molecule has 4 rings (SSSR count). The molecule has 6 nitrogen and oxygen atoms in total. The van der Waals surface area contributed by atoms with Gasteiger partial charge in [0.2, 0.25) is 0 Å². The Labute approximate surface area is 157 Å². The number of methoxy groups -OCH3 is 1. The maximum Gasteiger partial charge on any atom is 0.337 e. The highest BCUT2D eigenvalue weighted by molar-refractivity contribution is 5.89. The molecule has 1 fully saturated rings. The lowest BCUT2D eigenvalue weighted by Gasteiger charge is -2.21. The van der Waals surface area contributed by atoms with Gasteiger partial charge in [-0.05, 0) is 36.2 Å². The van der Waals surface area contributed by atoms with Gasteiger partial charge in [0.25, 0.3) is 0 Å². The fraction of sp³-hybridized carbons (Fsp3) is 0.286. The van der Waals surface area contributed by atoms with Crippen molar-refractivity contribution in [3.05, 3.63) is 72.3 Å². The van der Waals surface area contributed by atoms with E-state index in [0.717, 1.165) is 24.4 Å². The zero-order valence-electron chi connectivity index (χ0n) is 15.1. The van der Waals surface area contributed by atoms with Crippen LogP contribution in [-0.4, -0.2) is 40.8 Å². The van der Waals surface area contributed by atoms with Gasteiger partial charge in [-0.2, -0.15) is 0 Å². The molecule has 0 saturated carbocycles. The Hall–Kier alpha value is -2.99. The third kappa shape index (κ3) is 3.61. The van der Waals surface area contributed by atoms with E-state index in [1.807, 2.05) is 36.9 Å². The molecule has 2 atom stereocenters. The zero-order chi connectivity index (χ0) is 18.6. The van der Waals surface area contributed by atoms with Crippen molar-refractivity contribution in [2.75, 3.05) is 20.3 Å². The summed E-state index contributed by atoms with van der Waals surface area (Å²) >= 11 is 0. The molecule has 0 aliphatic carbocycles. The Bertz CT molecular complexity index is 906. The molecular weight excluding hydrogens is 342 g/mol. The van der Waals surface area contributed by atoms with E-state index >= 15 is 0 Å². The largest absolute Gasteiger partial charge is 0.465 e. The Morgan fingerprint density at radius 3 is 2.67 bits per heavy atom. The van der Waals surface area contributed by atoms with Gasteiger partial charge in [0.1, 0.15) is 5.82 Å². The number of esters is 1. The minimum Gasteiger partial charge on any atom is -0.465 e. The second kappa shape index (κ2) is 7.72. The van der Waals surface area contributed by atoms with E-state index < -0.39 is 0 Å². The number of ether oxygens (including phenoxy) is 2. The number of benzene rings is 1. The van der Waals surface area contributed by atoms with E-state index in [9.17, 15) is 4.79 Å². The van der Waals surface area contributed by atoms with Crippen LogP contribution in [0.1, 0.15) is 22.0 Å². The summed E-state index contributed by atoms with van der Waals surface area (Å²) in [5.41, 5.74) is 2.75. The third-order valence-electron chi connectivity index (χ3n) is 5.00. The van der Waals surface area contributed by atoms with E-state index in [2.05, 4.69) is 26.7 Å².